The van der Waals surface area contributed by atoms with Crippen molar-refractivity contribution in [3.8, 4) is 0 Å². The minimum absolute atomic E-state index is 0.398. The number of hydrogen-bond acceptors (Lipinski definition) is 4. The molecule has 1 aromatic heterocycles. The summed E-state index contributed by atoms with van der Waals surface area (Å²) < 4.78 is 0. The largest absolute Gasteiger partial charge is 0.478 e. The maximum absolute atomic E-state index is 10.8. The number of hydrogen-bond donors (Lipinski definition) is 2. The summed E-state index contributed by atoms with van der Waals surface area (Å²) in [6, 6.07) is 1.76. The Kier molecular flexibility index (Phi) is 5.82. The average Bonchev–Trinajstić information content (AvgIpc) is 2.72. The van der Waals surface area contributed by atoms with Gasteiger partial charge in [0.15, 0.2) is 0 Å². The first-order chi connectivity index (χ1) is 9.25. The van der Waals surface area contributed by atoms with Crippen LogP contribution in [0, 0.1) is 0 Å². The van der Waals surface area contributed by atoms with Crippen LogP contribution in [-0.4, -0.2) is 42.2 Å². The van der Waals surface area contributed by atoms with E-state index in [2.05, 4.69) is 10.2 Å². The summed E-state index contributed by atoms with van der Waals surface area (Å²) in [5, 5.41) is 13.9. The number of likely N-dealkylation sites (tertiary alicyclic amines) is 1. The topological polar surface area (TPSA) is 52.6 Å². The van der Waals surface area contributed by atoms with Gasteiger partial charge < -0.3 is 15.3 Å². The molecule has 2 heterocycles. The number of carbonyl (C=O) groups is 1. The van der Waals surface area contributed by atoms with Crippen molar-refractivity contribution in [1.29, 1.82) is 0 Å². The van der Waals surface area contributed by atoms with Crippen LogP contribution in [0.5, 0.6) is 0 Å². The van der Waals surface area contributed by atoms with Gasteiger partial charge in [-0.15, -0.1) is 11.3 Å². The molecule has 0 amide bonds. The third-order valence-electron chi connectivity index (χ3n) is 3.50. The van der Waals surface area contributed by atoms with Crippen LogP contribution in [0.3, 0.4) is 0 Å². The van der Waals surface area contributed by atoms with Gasteiger partial charge in [0.05, 0.1) is 5.56 Å². The molecule has 2 N–H and O–H groups in total. The summed E-state index contributed by atoms with van der Waals surface area (Å²) in [6.07, 6.45) is 5.40. The molecule has 1 aliphatic heterocycles. The second kappa shape index (κ2) is 7.62. The first-order valence-electron chi connectivity index (χ1n) is 6.99. The lowest BCUT2D eigenvalue weighted by Crippen LogP contribution is -2.32. The van der Waals surface area contributed by atoms with E-state index in [0.717, 1.165) is 24.5 Å². The zero-order chi connectivity index (χ0) is 13.5. The zero-order valence-electron chi connectivity index (χ0n) is 11.2. The number of nitrogens with one attached hydrogen (secondary N) is 1. The predicted molar refractivity (Wildman–Crippen MR) is 77.9 cm³/mol. The van der Waals surface area contributed by atoms with Gasteiger partial charge in [0.25, 0.3) is 0 Å². The number of thiophene rings is 1. The van der Waals surface area contributed by atoms with Gasteiger partial charge in [-0.1, -0.05) is 12.8 Å². The highest BCUT2D eigenvalue weighted by Crippen LogP contribution is 2.14. The van der Waals surface area contributed by atoms with E-state index in [4.69, 9.17) is 5.11 Å². The smallest absolute Gasteiger partial charge is 0.336 e. The van der Waals surface area contributed by atoms with Gasteiger partial charge in [-0.3, -0.25) is 0 Å². The summed E-state index contributed by atoms with van der Waals surface area (Å²) in [6.45, 7) is 5.29. The number of aromatic carboxylic acids is 1. The summed E-state index contributed by atoms with van der Waals surface area (Å²) in [4.78, 5) is 14.4. The fraction of sp³-hybridized carbons (Fsp3) is 0.643. The molecule has 0 radical (unpaired) electrons. The second-order valence-corrected chi connectivity index (χ2v) is 6.04. The normalized spacial score (nSPS) is 17.3. The SMILES string of the molecule is O=C(O)c1csc(CNCCN2CCCCCC2)c1. The van der Waals surface area contributed by atoms with Crippen LogP contribution in [0.15, 0.2) is 11.4 Å². The summed E-state index contributed by atoms with van der Waals surface area (Å²) >= 11 is 1.51. The van der Waals surface area contributed by atoms with Gasteiger partial charge in [0.1, 0.15) is 0 Å². The molecule has 0 bridgehead atoms. The fourth-order valence-electron chi connectivity index (χ4n) is 2.39. The van der Waals surface area contributed by atoms with Crippen LogP contribution in [0.4, 0.5) is 0 Å². The number of carboxylic acid groups (broad SMARTS) is 1. The van der Waals surface area contributed by atoms with Crippen molar-refractivity contribution in [1.82, 2.24) is 10.2 Å². The van der Waals surface area contributed by atoms with Gasteiger partial charge >= 0.3 is 5.97 Å². The molecule has 19 heavy (non-hydrogen) atoms. The Morgan fingerprint density at radius 1 is 1.32 bits per heavy atom. The Morgan fingerprint density at radius 3 is 2.68 bits per heavy atom. The van der Waals surface area contributed by atoms with Gasteiger partial charge in [-0.05, 0) is 32.0 Å². The summed E-state index contributed by atoms with van der Waals surface area (Å²) in [7, 11) is 0. The van der Waals surface area contributed by atoms with E-state index in [1.165, 1.54) is 50.1 Å². The van der Waals surface area contributed by atoms with Crippen LogP contribution >= 0.6 is 11.3 Å². The number of rotatable bonds is 6. The molecule has 2 rings (SSSR count). The second-order valence-electron chi connectivity index (χ2n) is 5.04. The minimum atomic E-state index is -0.841. The molecule has 0 unspecified atom stereocenters. The molecule has 0 spiro atoms. The Morgan fingerprint density at radius 2 is 2.05 bits per heavy atom. The predicted octanol–water partition coefficient (Wildman–Crippen LogP) is 2.41. The molecule has 5 heteroatoms. The van der Waals surface area contributed by atoms with Crippen molar-refractivity contribution >= 4 is 17.3 Å². The van der Waals surface area contributed by atoms with E-state index in [-0.39, 0.29) is 0 Å². The van der Waals surface area contributed by atoms with E-state index >= 15 is 0 Å². The molecule has 1 aromatic rings. The fourth-order valence-corrected chi connectivity index (χ4v) is 3.22. The van der Waals surface area contributed by atoms with Gasteiger partial charge in [-0.25, -0.2) is 4.79 Å². The molecule has 1 saturated heterocycles. The third kappa shape index (κ3) is 4.93. The maximum atomic E-state index is 10.8. The third-order valence-corrected chi connectivity index (χ3v) is 4.44. The van der Waals surface area contributed by atoms with E-state index in [1.807, 2.05) is 0 Å². The van der Waals surface area contributed by atoms with Crippen LogP contribution in [0.2, 0.25) is 0 Å². The lowest BCUT2D eigenvalue weighted by atomic mass is 10.2. The quantitative estimate of drug-likeness (QED) is 0.787. The lowest BCUT2D eigenvalue weighted by molar-refractivity contribution is 0.0697. The minimum Gasteiger partial charge on any atom is -0.478 e. The van der Waals surface area contributed by atoms with Crippen LogP contribution in [0.1, 0.15) is 40.9 Å². The zero-order valence-corrected chi connectivity index (χ0v) is 12.0. The monoisotopic (exact) mass is 282 g/mol. The van der Waals surface area contributed by atoms with Crippen molar-refractivity contribution < 1.29 is 9.90 Å². The molecule has 1 aliphatic rings. The Balaban J connectivity index is 1.64. The van der Waals surface area contributed by atoms with Gasteiger partial charge in [0.2, 0.25) is 0 Å². The highest BCUT2D eigenvalue weighted by Gasteiger charge is 2.09. The molecule has 0 aliphatic carbocycles. The molecule has 1 fully saturated rings. The van der Waals surface area contributed by atoms with Crippen molar-refractivity contribution in [2.45, 2.75) is 32.2 Å². The molecule has 0 atom stereocenters. The van der Waals surface area contributed by atoms with Crippen LogP contribution in [-0.2, 0) is 6.54 Å². The number of carboxylic acids is 1. The summed E-state index contributed by atoms with van der Waals surface area (Å²) in [5.74, 6) is -0.841. The van der Waals surface area contributed by atoms with E-state index in [0.29, 0.717) is 5.56 Å². The van der Waals surface area contributed by atoms with E-state index in [9.17, 15) is 4.79 Å². The Bertz CT molecular complexity index is 398. The number of nitrogens with zero attached hydrogens (tertiary/aromatic N) is 1. The standard InChI is InChI=1S/C14H22N2O2S/c17-14(18)12-9-13(19-11-12)10-15-5-8-16-6-3-1-2-4-7-16/h9,11,15H,1-8,10H2,(H,17,18). The first kappa shape index (κ1) is 14.5. The van der Waals surface area contributed by atoms with Crippen molar-refractivity contribution in [3.63, 3.8) is 0 Å². The lowest BCUT2D eigenvalue weighted by Gasteiger charge is -2.19. The van der Waals surface area contributed by atoms with Crippen LogP contribution in [0.25, 0.3) is 0 Å². The Labute approximate surface area is 118 Å². The van der Waals surface area contributed by atoms with E-state index < -0.39 is 5.97 Å². The maximum Gasteiger partial charge on any atom is 0.336 e. The van der Waals surface area contributed by atoms with E-state index in [1.54, 1.807) is 11.4 Å². The molecule has 0 saturated carbocycles. The molecule has 4 nitrogen and oxygen atoms in total. The first-order valence-corrected chi connectivity index (χ1v) is 7.87. The van der Waals surface area contributed by atoms with Crippen LogP contribution < -0.4 is 5.32 Å². The average molecular weight is 282 g/mol. The highest BCUT2D eigenvalue weighted by atomic mass is 32.1. The van der Waals surface area contributed by atoms with Crippen molar-refractivity contribution in [3.05, 3.63) is 21.9 Å². The van der Waals surface area contributed by atoms with Gasteiger partial charge in [-0.2, -0.15) is 0 Å². The van der Waals surface area contributed by atoms with Crippen molar-refractivity contribution in [2.75, 3.05) is 26.2 Å². The highest BCUT2D eigenvalue weighted by molar-refractivity contribution is 7.10. The molecule has 0 aromatic carbocycles. The van der Waals surface area contributed by atoms with Gasteiger partial charge in [0, 0.05) is 29.9 Å². The molecular formula is C14H22N2O2S. The molecular weight excluding hydrogens is 260 g/mol. The van der Waals surface area contributed by atoms with Crippen molar-refractivity contribution in [2.24, 2.45) is 0 Å². The molecule has 106 valence electrons. The summed E-state index contributed by atoms with van der Waals surface area (Å²) in [5.41, 5.74) is 0.398. The Hall–Kier alpha value is -0.910.